The summed E-state index contributed by atoms with van der Waals surface area (Å²) in [5, 5.41) is 5.11. The Kier molecular flexibility index (Phi) is 2.97. The van der Waals surface area contributed by atoms with Crippen molar-refractivity contribution in [2.45, 2.75) is 0 Å². The van der Waals surface area contributed by atoms with Crippen LogP contribution in [0.2, 0.25) is 0 Å². The van der Waals surface area contributed by atoms with Crippen LogP contribution in [0, 0.1) is 0 Å². The summed E-state index contributed by atoms with van der Waals surface area (Å²) in [6, 6.07) is 23.4. The fourth-order valence-electron chi connectivity index (χ4n) is 2.72. The van der Waals surface area contributed by atoms with Crippen molar-refractivity contribution in [1.82, 2.24) is 4.98 Å². The van der Waals surface area contributed by atoms with Gasteiger partial charge in [-0.25, -0.2) is 0 Å². The molecular formula is C19H12BrN. The molecule has 0 aliphatic carbocycles. The molecule has 0 atom stereocenters. The van der Waals surface area contributed by atoms with Gasteiger partial charge in [-0.15, -0.1) is 0 Å². The summed E-state index contributed by atoms with van der Waals surface area (Å²) in [5.74, 6) is 0. The molecule has 0 spiro atoms. The van der Waals surface area contributed by atoms with Gasteiger partial charge in [-0.05, 0) is 55.7 Å². The van der Waals surface area contributed by atoms with Crippen LogP contribution in [0.5, 0.6) is 0 Å². The van der Waals surface area contributed by atoms with Crippen LogP contribution in [-0.2, 0) is 0 Å². The first-order valence-electron chi connectivity index (χ1n) is 6.85. The lowest BCUT2D eigenvalue weighted by Crippen LogP contribution is -1.84. The van der Waals surface area contributed by atoms with Gasteiger partial charge in [0.1, 0.15) is 0 Å². The second-order valence-corrected chi connectivity index (χ2v) is 6.00. The number of nitrogens with zero attached hydrogens (tertiary/aromatic N) is 1. The van der Waals surface area contributed by atoms with Crippen molar-refractivity contribution in [2.75, 3.05) is 0 Å². The molecule has 4 rings (SSSR count). The number of pyridine rings is 1. The Labute approximate surface area is 131 Å². The summed E-state index contributed by atoms with van der Waals surface area (Å²) in [4.78, 5) is 4.47. The highest BCUT2D eigenvalue weighted by Crippen LogP contribution is 2.29. The van der Waals surface area contributed by atoms with Crippen molar-refractivity contribution in [3.8, 4) is 11.3 Å². The first kappa shape index (κ1) is 12.5. The topological polar surface area (TPSA) is 12.9 Å². The SMILES string of the molecule is Brc1ccc(-c2ccc3c(ccc4ccccc43)c2)nc1. The van der Waals surface area contributed by atoms with Crippen molar-refractivity contribution in [1.29, 1.82) is 0 Å². The Morgan fingerprint density at radius 1 is 0.714 bits per heavy atom. The molecule has 0 aliphatic heterocycles. The number of hydrogen-bond donors (Lipinski definition) is 0. The molecule has 1 aromatic heterocycles. The van der Waals surface area contributed by atoms with E-state index in [1.165, 1.54) is 21.5 Å². The molecule has 0 unspecified atom stereocenters. The number of benzene rings is 3. The smallest absolute Gasteiger partial charge is 0.0703 e. The number of fused-ring (bicyclic) bond motifs is 3. The summed E-state index contributed by atoms with van der Waals surface area (Å²) in [6.07, 6.45) is 1.83. The lowest BCUT2D eigenvalue weighted by Gasteiger charge is -2.06. The summed E-state index contributed by atoms with van der Waals surface area (Å²) in [5.41, 5.74) is 2.14. The molecule has 21 heavy (non-hydrogen) atoms. The van der Waals surface area contributed by atoms with Gasteiger partial charge < -0.3 is 0 Å². The minimum Gasteiger partial charge on any atom is -0.255 e. The predicted octanol–water partition coefficient (Wildman–Crippen LogP) is 5.82. The average Bonchev–Trinajstić information content (AvgIpc) is 2.55. The van der Waals surface area contributed by atoms with E-state index >= 15 is 0 Å². The Morgan fingerprint density at radius 2 is 1.52 bits per heavy atom. The zero-order chi connectivity index (χ0) is 14.2. The highest BCUT2D eigenvalue weighted by molar-refractivity contribution is 9.10. The van der Waals surface area contributed by atoms with Crippen LogP contribution in [0.25, 0.3) is 32.8 Å². The number of aromatic nitrogens is 1. The van der Waals surface area contributed by atoms with E-state index in [0.717, 1.165) is 15.7 Å². The third kappa shape index (κ3) is 2.22. The van der Waals surface area contributed by atoms with Gasteiger partial charge in [0, 0.05) is 16.2 Å². The largest absolute Gasteiger partial charge is 0.255 e. The lowest BCUT2D eigenvalue weighted by atomic mass is 9.99. The Hall–Kier alpha value is -2.19. The first-order chi connectivity index (χ1) is 10.3. The first-order valence-corrected chi connectivity index (χ1v) is 7.64. The van der Waals surface area contributed by atoms with E-state index in [-0.39, 0.29) is 0 Å². The van der Waals surface area contributed by atoms with E-state index in [4.69, 9.17) is 0 Å². The van der Waals surface area contributed by atoms with E-state index in [1.807, 2.05) is 18.3 Å². The third-order valence-corrected chi connectivity index (χ3v) is 4.24. The van der Waals surface area contributed by atoms with Crippen LogP contribution in [0.3, 0.4) is 0 Å². The molecule has 4 aromatic rings. The van der Waals surface area contributed by atoms with Gasteiger partial charge >= 0.3 is 0 Å². The quantitative estimate of drug-likeness (QED) is 0.400. The van der Waals surface area contributed by atoms with E-state index < -0.39 is 0 Å². The normalized spacial score (nSPS) is 11.1. The van der Waals surface area contributed by atoms with Gasteiger partial charge in [0.05, 0.1) is 5.69 Å². The fourth-order valence-corrected chi connectivity index (χ4v) is 2.95. The molecular weight excluding hydrogens is 322 g/mol. The van der Waals surface area contributed by atoms with Gasteiger partial charge in [-0.3, -0.25) is 4.98 Å². The Morgan fingerprint density at radius 3 is 2.38 bits per heavy atom. The summed E-state index contributed by atoms with van der Waals surface area (Å²) in [6.45, 7) is 0. The number of hydrogen-bond acceptors (Lipinski definition) is 1. The third-order valence-electron chi connectivity index (χ3n) is 3.77. The molecule has 0 aliphatic rings. The Bertz CT molecular complexity index is 942. The van der Waals surface area contributed by atoms with Crippen LogP contribution in [0.1, 0.15) is 0 Å². The molecule has 0 saturated carbocycles. The van der Waals surface area contributed by atoms with E-state index in [1.54, 1.807) is 0 Å². The molecule has 100 valence electrons. The van der Waals surface area contributed by atoms with Gasteiger partial charge in [0.15, 0.2) is 0 Å². The highest BCUT2D eigenvalue weighted by Gasteiger charge is 2.04. The molecule has 0 radical (unpaired) electrons. The number of rotatable bonds is 1. The highest BCUT2D eigenvalue weighted by atomic mass is 79.9. The van der Waals surface area contributed by atoms with Gasteiger partial charge in [0.25, 0.3) is 0 Å². The molecule has 0 saturated heterocycles. The zero-order valence-corrected chi connectivity index (χ0v) is 12.8. The fraction of sp³-hybridized carbons (Fsp3) is 0. The van der Waals surface area contributed by atoms with Gasteiger partial charge in [-0.1, -0.05) is 48.5 Å². The predicted molar refractivity (Wildman–Crippen MR) is 92.4 cm³/mol. The maximum absolute atomic E-state index is 4.47. The molecule has 1 nitrogen and oxygen atoms in total. The summed E-state index contributed by atoms with van der Waals surface area (Å²) >= 11 is 3.42. The van der Waals surface area contributed by atoms with Crippen LogP contribution in [0.4, 0.5) is 0 Å². The van der Waals surface area contributed by atoms with Crippen LogP contribution >= 0.6 is 15.9 Å². The maximum Gasteiger partial charge on any atom is 0.0703 e. The molecule has 1 heterocycles. The molecule has 0 N–H and O–H groups in total. The molecule has 0 amide bonds. The van der Waals surface area contributed by atoms with Crippen molar-refractivity contribution in [3.63, 3.8) is 0 Å². The standard InChI is InChI=1S/C19H12BrN/c20-16-8-10-19(21-12-16)15-7-9-18-14(11-15)6-5-13-3-1-2-4-17(13)18/h1-12H. The Balaban J connectivity index is 1.94. The van der Waals surface area contributed by atoms with Crippen molar-refractivity contribution >= 4 is 37.5 Å². The second kappa shape index (κ2) is 4.97. The second-order valence-electron chi connectivity index (χ2n) is 5.08. The summed E-state index contributed by atoms with van der Waals surface area (Å²) in [7, 11) is 0. The van der Waals surface area contributed by atoms with Crippen molar-refractivity contribution in [3.05, 3.63) is 77.4 Å². The average molecular weight is 334 g/mol. The van der Waals surface area contributed by atoms with E-state index in [2.05, 4.69) is 75.5 Å². The number of halogens is 1. The molecule has 0 bridgehead atoms. The van der Waals surface area contributed by atoms with Gasteiger partial charge in [-0.2, -0.15) is 0 Å². The van der Waals surface area contributed by atoms with Crippen molar-refractivity contribution < 1.29 is 0 Å². The minimum absolute atomic E-state index is 0.994. The lowest BCUT2D eigenvalue weighted by molar-refractivity contribution is 1.31. The van der Waals surface area contributed by atoms with Gasteiger partial charge in [0.2, 0.25) is 0 Å². The minimum atomic E-state index is 0.994. The molecule has 3 aromatic carbocycles. The van der Waals surface area contributed by atoms with E-state index in [9.17, 15) is 0 Å². The molecule has 2 heteroatoms. The maximum atomic E-state index is 4.47. The van der Waals surface area contributed by atoms with Crippen LogP contribution < -0.4 is 0 Å². The summed E-state index contributed by atoms with van der Waals surface area (Å²) < 4.78 is 0.998. The molecule has 0 fully saturated rings. The zero-order valence-electron chi connectivity index (χ0n) is 11.3. The van der Waals surface area contributed by atoms with E-state index in [0.29, 0.717) is 0 Å². The monoisotopic (exact) mass is 333 g/mol. The van der Waals surface area contributed by atoms with Crippen molar-refractivity contribution in [2.24, 2.45) is 0 Å². The van der Waals surface area contributed by atoms with Crippen LogP contribution in [0.15, 0.2) is 77.4 Å². The van der Waals surface area contributed by atoms with Crippen LogP contribution in [-0.4, -0.2) is 4.98 Å².